The smallest absolute Gasteiger partial charge is 0.383 e. The Morgan fingerprint density at radius 1 is 0.897 bits per heavy atom. The maximum atomic E-state index is 12.6. The van der Waals surface area contributed by atoms with E-state index in [0.717, 1.165) is 6.92 Å². The van der Waals surface area contributed by atoms with Gasteiger partial charge in [-0.1, -0.05) is 24.3 Å². The van der Waals surface area contributed by atoms with Crippen molar-refractivity contribution in [3.05, 3.63) is 64.5 Å². The summed E-state index contributed by atoms with van der Waals surface area (Å²) in [6, 6.07) is 13.1. The molecule has 3 aromatic rings. The number of ether oxygens (including phenoxy) is 3. The van der Waals surface area contributed by atoms with E-state index in [1.165, 1.54) is 0 Å². The molecule has 0 saturated carbocycles. The van der Waals surface area contributed by atoms with Crippen LogP contribution in [0.2, 0.25) is 0 Å². The van der Waals surface area contributed by atoms with Crippen LogP contribution in [0, 0.1) is 0 Å². The van der Waals surface area contributed by atoms with E-state index in [2.05, 4.69) is 0 Å². The zero-order valence-electron chi connectivity index (χ0n) is 16.5. The molecule has 0 aliphatic heterocycles. The van der Waals surface area contributed by atoms with Crippen LogP contribution in [0.1, 0.15) is 38.1 Å². The maximum absolute atomic E-state index is 12.6. The number of hydrogen-bond donors (Lipinski definition) is 0. The highest BCUT2D eigenvalue weighted by atomic mass is 16.6. The van der Waals surface area contributed by atoms with Crippen LogP contribution in [-0.4, -0.2) is 17.5 Å². The molecule has 0 atom stereocenters. The SMILES string of the molecule is CC(=O)Oc1c(OC(=O)c2ccccc2)c2cccc(OC(C)(C)C)c2oc1=O. The molecular formula is C22H20O7. The standard InChI is InChI=1S/C22H20O7/c1-13(23)26-19-18(28-20(24)14-9-6-5-7-10-14)15-11-8-12-16(29-22(2,3)4)17(15)27-21(19)25/h5-12H,1-4H3. The van der Waals surface area contributed by atoms with E-state index < -0.39 is 28.9 Å². The molecule has 29 heavy (non-hydrogen) atoms. The molecule has 0 fully saturated rings. The van der Waals surface area contributed by atoms with Crippen LogP contribution in [0.5, 0.6) is 17.2 Å². The Morgan fingerprint density at radius 3 is 2.21 bits per heavy atom. The van der Waals surface area contributed by atoms with Crippen LogP contribution in [-0.2, 0) is 4.79 Å². The van der Waals surface area contributed by atoms with Gasteiger partial charge < -0.3 is 18.6 Å². The zero-order valence-corrected chi connectivity index (χ0v) is 16.5. The number of esters is 2. The van der Waals surface area contributed by atoms with Crippen LogP contribution in [0.15, 0.2) is 57.7 Å². The van der Waals surface area contributed by atoms with E-state index in [1.54, 1.807) is 48.5 Å². The molecule has 7 heteroatoms. The van der Waals surface area contributed by atoms with Gasteiger partial charge in [-0.25, -0.2) is 9.59 Å². The number of hydrogen-bond acceptors (Lipinski definition) is 7. The van der Waals surface area contributed by atoms with Crippen LogP contribution >= 0.6 is 0 Å². The lowest BCUT2D eigenvalue weighted by Gasteiger charge is -2.22. The van der Waals surface area contributed by atoms with Gasteiger partial charge in [-0.05, 0) is 45.0 Å². The van der Waals surface area contributed by atoms with Crippen LogP contribution in [0.3, 0.4) is 0 Å². The topological polar surface area (TPSA) is 92.0 Å². The van der Waals surface area contributed by atoms with Gasteiger partial charge in [-0.15, -0.1) is 0 Å². The van der Waals surface area contributed by atoms with Crippen molar-refractivity contribution in [2.75, 3.05) is 0 Å². The molecule has 3 rings (SSSR count). The minimum atomic E-state index is -0.964. The Labute approximate surface area is 166 Å². The van der Waals surface area contributed by atoms with Gasteiger partial charge in [0.05, 0.1) is 10.9 Å². The lowest BCUT2D eigenvalue weighted by molar-refractivity contribution is -0.132. The van der Waals surface area contributed by atoms with Crippen molar-refractivity contribution in [3.63, 3.8) is 0 Å². The quantitative estimate of drug-likeness (QED) is 0.484. The van der Waals surface area contributed by atoms with Crippen molar-refractivity contribution in [1.82, 2.24) is 0 Å². The molecule has 0 saturated heterocycles. The summed E-state index contributed by atoms with van der Waals surface area (Å²) in [4.78, 5) is 36.6. The molecule has 1 heterocycles. The summed E-state index contributed by atoms with van der Waals surface area (Å²) >= 11 is 0. The van der Waals surface area contributed by atoms with Crippen molar-refractivity contribution >= 4 is 22.9 Å². The van der Waals surface area contributed by atoms with Crippen molar-refractivity contribution in [3.8, 4) is 17.2 Å². The third kappa shape index (κ3) is 4.63. The predicted octanol–water partition coefficient (Wildman–Crippen LogP) is 4.11. The molecule has 0 N–H and O–H groups in total. The molecular weight excluding hydrogens is 376 g/mol. The molecule has 1 aromatic heterocycles. The molecule has 0 amide bonds. The maximum Gasteiger partial charge on any atom is 0.383 e. The second-order valence-electron chi connectivity index (χ2n) is 7.24. The monoisotopic (exact) mass is 396 g/mol. The van der Waals surface area contributed by atoms with Gasteiger partial charge in [-0.2, -0.15) is 0 Å². The van der Waals surface area contributed by atoms with E-state index in [1.807, 2.05) is 20.8 Å². The Balaban J connectivity index is 2.20. The fourth-order valence-corrected chi connectivity index (χ4v) is 2.62. The summed E-state index contributed by atoms with van der Waals surface area (Å²) in [7, 11) is 0. The van der Waals surface area contributed by atoms with Crippen LogP contribution in [0.25, 0.3) is 11.0 Å². The van der Waals surface area contributed by atoms with Crippen LogP contribution < -0.4 is 19.8 Å². The lowest BCUT2D eigenvalue weighted by atomic mass is 10.1. The normalized spacial score (nSPS) is 11.2. The number of carbonyl (C=O) groups is 2. The van der Waals surface area contributed by atoms with E-state index >= 15 is 0 Å². The minimum Gasteiger partial charge on any atom is -0.484 e. The molecule has 2 aromatic carbocycles. The molecule has 0 unspecified atom stereocenters. The number of carbonyl (C=O) groups excluding carboxylic acids is 2. The van der Waals surface area contributed by atoms with E-state index in [0.29, 0.717) is 5.75 Å². The van der Waals surface area contributed by atoms with E-state index in [-0.39, 0.29) is 22.3 Å². The first-order valence-electron chi connectivity index (χ1n) is 8.90. The Bertz CT molecular complexity index is 1120. The number of para-hydroxylation sites is 1. The predicted molar refractivity (Wildman–Crippen MR) is 106 cm³/mol. The minimum absolute atomic E-state index is 0.0826. The highest BCUT2D eigenvalue weighted by Gasteiger charge is 2.25. The van der Waals surface area contributed by atoms with Gasteiger partial charge in [-0.3, -0.25) is 4.79 Å². The summed E-state index contributed by atoms with van der Waals surface area (Å²) in [6.45, 7) is 6.65. The zero-order chi connectivity index (χ0) is 21.2. The van der Waals surface area contributed by atoms with Crippen molar-refractivity contribution in [2.24, 2.45) is 0 Å². The van der Waals surface area contributed by atoms with Crippen molar-refractivity contribution in [2.45, 2.75) is 33.3 Å². The van der Waals surface area contributed by atoms with Gasteiger partial charge in [0.25, 0.3) is 5.75 Å². The van der Waals surface area contributed by atoms with E-state index in [9.17, 15) is 14.4 Å². The second-order valence-corrected chi connectivity index (χ2v) is 7.24. The summed E-state index contributed by atoms with van der Waals surface area (Å²) in [5.41, 5.74) is -1.18. The third-order valence-electron chi connectivity index (χ3n) is 3.68. The fraction of sp³-hybridized carbons (Fsp3) is 0.227. The summed E-state index contributed by atoms with van der Waals surface area (Å²) < 4.78 is 21.7. The number of rotatable bonds is 4. The largest absolute Gasteiger partial charge is 0.484 e. The van der Waals surface area contributed by atoms with Crippen molar-refractivity contribution in [1.29, 1.82) is 0 Å². The van der Waals surface area contributed by atoms with Gasteiger partial charge in [0.2, 0.25) is 0 Å². The molecule has 0 spiro atoms. The first-order valence-corrected chi connectivity index (χ1v) is 8.90. The average Bonchev–Trinajstić information content (AvgIpc) is 2.64. The summed E-state index contributed by atoms with van der Waals surface area (Å²) in [5, 5.41) is 0.256. The van der Waals surface area contributed by atoms with Crippen molar-refractivity contribution < 1.29 is 28.2 Å². The summed E-state index contributed by atoms with van der Waals surface area (Å²) in [6.07, 6.45) is 0. The Kier molecular flexibility index (Phi) is 5.41. The highest BCUT2D eigenvalue weighted by molar-refractivity contribution is 5.97. The molecule has 150 valence electrons. The molecule has 0 aliphatic carbocycles. The molecule has 0 radical (unpaired) electrons. The Morgan fingerprint density at radius 2 is 1.59 bits per heavy atom. The molecule has 0 bridgehead atoms. The fourth-order valence-electron chi connectivity index (χ4n) is 2.62. The number of fused-ring (bicyclic) bond motifs is 1. The first-order chi connectivity index (χ1) is 13.7. The van der Waals surface area contributed by atoms with Crippen LogP contribution in [0.4, 0.5) is 0 Å². The van der Waals surface area contributed by atoms with Gasteiger partial charge in [0.1, 0.15) is 5.60 Å². The van der Waals surface area contributed by atoms with Gasteiger partial charge in [0.15, 0.2) is 17.1 Å². The number of benzene rings is 2. The molecule has 7 nitrogen and oxygen atoms in total. The second kappa shape index (κ2) is 7.79. The first kappa shape index (κ1) is 20.1. The third-order valence-corrected chi connectivity index (χ3v) is 3.68. The van der Waals surface area contributed by atoms with Gasteiger partial charge >= 0.3 is 17.6 Å². The Hall–Kier alpha value is -3.61. The lowest BCUT2D eigenvalue weighted by Crippen LogP contribution is -2.23. The summed E-state index contributed by atoms with van der Waals surface area (Å²) in [5.74, 6) is -1.89. The van der Waals surface area contributed by atoms with E-state index in [4.69, 9.17) is 18.6 Å². The average molecular weight is 396 g/mol. The highest BCUT2D eigenvalue weighted by Crippen LogP contribution is 2.38. The molecule has 0 aliphatic rings. The van der Waals surface area contributed by atoms with Gasteiger partial charge in [0, 0.05) is 6.92 Å².